The second-order valence-corrected chi connectivity index (χ2v) is 4.77. The van der Waals surface area contributed by atoms with E-state index >= 15 is 0 Å². The van der Waals surface area contributed by atoms with Gasteiger partial charge in [0.2, 0.25) is 0 Å². The van der Waals surface area contributed by atoms with Gasteiger partial charge in [0.1, 0.15) is 0 Å². The van der Waals surface area contributed by atoms with Gasteiger partial charge in [0, 0.05) is 18.6 Å². The van der Waals surface area contributed by atoms with E-state index in [1.807, 2.05) is 0 Å². The highest BCUT2D eigenvalue weighted by Crippen LogP contribution is 2.27. The first-order valence-electron chi connectivity index (χ1n) is 6.79. The maximum absolute atomic E-state index is 3.61. The minimum absolute atomic E-state index is 0.715. The number of rotatable bonds is 9. The quantitative estimate of drug-likeness (QED) is 0.632. The van der Waals surface area contributed by atoms with Gasteiger partial charge in [-0.15, -0.1) is 0 Å². The van der Waals surface area contributed by atoms with Gasteiger partial charge in [-0.05, 0) is 38.8 Å². The third kappa shape index (κ3) is 4.98. The van der Waals surface area contributed by atoms with Crippen molar-refractivity contribution in [3.63, 3.8) is 0 Å². The fourth-order valence-corrected chi connectivity index (χ4v) is 2.33. The average molecular weight is 212 g/mol. The van der Waals surface area contributed by atoms with Gasteiger partial charge in [0.15, 0.2) is 0 Å². The van der Waals surface area contributed by atoms with Gasteiger partial charge in [-0.2, -0.15) is 0 Å². The first kappa shape index (κ1) is 13.0. The van der Waals surface area contributed by atoms with Gasteiger partial charge in [0.05, 0.1) is 0 Å². The van der Waals surface area contributed by atoms with Crippen molar-refractivity contribution >= 4 is 0 Å². The predicted octanol–water partition coefficient (Wildman–Crippen LogP) is 2.64. The van der Waals surface area contributed by atoms with Crippen molar-refractivity contribution in [3.05, 3.63) is 0 Å². The van der Waals surface area contributed by atoms with Gasteiger partial charge in [-0.3, -0.25) is 4.90 Å². The molecule has 1 saturated carbocycles. The minimum Gasteiger partial charge on any atom is -0.313 e. The second-order valence-electron chi connectivity index (χ2n) is 4.77. The third-order valence-electron chi connectivity index (χ3n) is 3.16. The fraction of sp³-hybridized carbons (Fsp3) is 1.00. The SMILES string of the molecule is CCCC(CN(CCC)C1CC1)NCC. The molecule has 0 aliphatic heterocycles. The molecule has 1 aliphatic rings. The lowest BCUT2D eigenvalue weighted by molar-refractivity contribution is 0.228. The standard InChI is InChI=1S/C13H28N2/c1-4-7-12(14-6-3)11-15(10-5-2)13-8-9-13/h12-14H,4-11H2,1-3H3. The van der Waals surface area contributed by atoms with Gasteiger partial charge in [-0.1, -0.05) is 27.2 Å². The van der Waals surface area contributed by atoms with E-state index in [2.05, 4.69) is 31.0 Å². The molecular weight excluding hydrogens is 184 g/mol. The van der Waals surface area contributed by atoms with Gasteiger partial charge >= 0.3 is 0 Å². The van der Waals surface area contributed by atoms with Crippen molar-refractivity contribution in [1.82, 2.24) is 10.2 Å². The van der Waals surface area contributed by atoms with E-state index in [0.717, 1.165) is 12.6 Å². The maximum atomic E-state index is 3.61. The number of hydrogen-bond donors (Lipinski definition) is 1. The molecule has 90 valence electrons. The smallest absolute Gasteiger partial charge is 0.0194 e. The molecule has 1 N–H and O–H groups in total. The number of hydrogen-bond acceptors (Lipinski definition) is 2. The van der Waals surface area contributed by atoms with Crippen LogP contribution in [0.4, 0.5) is 0 Å². The second kappa shape index (κ2) is 7.24. The highest BCUT2D eigenvalue weighted by Gasteiger charge is 2.29. The van der Waals surface area contributed by atoms with E-state index in [0.29, 0.717) is 6.04 Å². The molecule has 0 heterocycles. The molecule has 0 aromatic rings. The van der Waals surface area contributed by atoms with Gasteiger partial charge in [0.25, 0.3) is 0 Å². The van der Waals surface area contributed by atoms with Crippen molar-refractivity contribution in [2.24, 2.45) is 0 Å². The monoisotopic (exact) mass is 212 g/mol. The molecule has 0 amide bonds. The van der Waals surface area contributed by atoms with Crippen LogP contribution in [0.1, 0.15) is 52.9 Å². The molecule has 0 saturated heterocycles. The van der Waals surface area contributed by atoms with Crippen LogP contribution in [0, 0.1) is 0 Å². The van der Waals surface area contributed by atoms with Gasteiger partial charge < -0.3 is 5.32 Å². The van der Waals surface area contributed by atoms with Crippen LogP contribution in [-0.4, -0.2) is 36.6 Å². The summed E-state index contributed by atoms with van der Waals surface area (Å²) in [5, 5.41) is 3.61. The molecular formula is C13H28N2. The summed E-state index contributed by atoms with van der Waals surface area (Å²) >= 11 is 0. The Kier molecular flexibility index (Phi) is 6.26. The predicted molar refractivity (Wildman–Crippen MR) is 67.3 cm³/mol. The zero-order valence-corrected chi connectivity index (χ0v) is 10.8. The number of likely N-dealkylation sites (N-methyl/N-ethyl adjacent to an activating group) is 1. The summed E-state index contributed by atoms with van der Waals surface area (Å²) in [6.45, 7) is 10.4. The summed E-state index contributed by atoms with van der Waals surface area (Å²) in [6.07, 6.45) is 6.78. The van der Waals surface area contributed by atoms with Crippen LogP contribution < -0.4 is 5.32 Å². The Morgan fingerprint density at radius 3 is 2.40 bits per heavy atom. The molecule has 2 nitrogen and oxygen atoms in total. The van der Waals surface area contributed by atoms with E-state index in [9.17, 15) is 0 Å². The van der Waals surface area contributed by atoms with Crippen molar-refractivity contribution in [1.29, 1.82) is 0 Å². The zero-order valence-electron chi connectivity index (χ0n) is 10.8. The van der Waals surface area contributed by atoms with Crippen molar-refractivity contribution < 1.29 is 0 Å². The summed E-state index contributed by atoms with van der Waals surface area (Å²) in [5.74, 6) is 0. The Hall–Kier alpha value is -0.0800. The summed E-state index contributed by atoms with van der Waals surface area (Å²) in [7, 11) is 0. The number of nitrogens with zero attached hydrogens (tertiary/aromatic N) is 1. The lowest BCUT2D eigenvalue weighted by Gasteiger charge is -2.27. The first-order valence-corrected chi connectivity index (χ1v) is 6.79. The summed E-state index contributed by atoms with van der Waals surface area (Å²) < 4.78 is 0. The molecule has 0 spiro atoms. The van der Waals surface area contributed by atoms with E-state index < -0.39 is 0 Å². The summed E-state index contributed by atoms with van der Waals surface area (Å²) in [4.78, 5) is 2.70. The van der Waals surface area contributed by atoms with Gasteiger partial charge in [-0.25, -0.2) is 0 Å². The molecule has 1 fully saturated rings. The highest BCUT2D eigenvalue weighted by molar-refractivity contribution is 4.86. The van der Waals surface area contributed by atoms with E-state index in [4.69, 9.17) is 0 Å². The first-order chi connectivity index (χ1) is 7.31. The molecule has 0 aromatic heterocycles. The largest absolute Gasteiger partial charge is 0.313 e. The Morgan fingerprint density at radius 2 is 1.93 bits per heavy atom. The molecule has 0 bridgehead atoms. The fourth-order valence-electron chi connectivity index (χ4n) is 2.33. The van der Waals surface area contributed by atoms with Crippen LogP contribution in [0.3, 0.4) is 0 Å². The van der Waals surface area contributed by atoms with E-state index in [1.165, 1.54) is 45.2 Å². The molecule has 1 unspecified atom stereocenters. The minimum atomic E-state index is 0.715. The molecule has 1 atom stereocenters. The molecule has 1 aliphatic carbocycles. The third-order valence-corrected chi connectivity index (χ3v) is 3.16. The lowest BCUT2D eigenvalue weighted by Crippen LogP contribution is -2.42. The molecule has 0 aromatic carbocycles. The van der Waals surface area contributed by atoms with Crippen LogP contribution in [0.15, 0.2) is 0 Å². The molecule has 0 radical (unpaired) electrons. The summed E-state index contributed by atoms with van der Waals surface area (Å²) in [5.41, 5.74) is 0. The van der Waals surface area contributed by atoms with E-state index in [1.54, 1.807) is 0 Å². The lowest BCUT2D eigenvalue weighted by atomic mass is 10.1. The topological polar surface area (TPSA) is 15.3 Å². The zero-order chi connectivity index (χ0) is 11.1. The number of nitrogens with one attached hydrogen (secondary N) is 1. The van der Waals surface area contributed by atoms with Crippen molar-refractivity contribution in [2.45, 2.75) is 65.0 Å². The van der Waals surface area contributed by atoms with Crippen molar-refractivity contribution in [3.8, 4) is 0 Å². The highest BCUT2D eigenvalue weighted by atomic mass is 15.2. The van der Waals surface area contributed by atoms with Crippen molar-refractivity contribution in [2.75, 3.05) is 19.6 Å². The Balaban J connectivity index is 2.30. The van der Waals surface area contributed by atoms with E-state index in [-0.39, 0.29) is 0 Å². The molecule has 15 heavy (non-hydrogen) atoms. The Morgan fingerprint density at radius 1 is 1.20 bits per heavy atom. The van der Waals surface area contributed by atoms with Crippen LogP contribution >= 0.6 is 0 Å². The average Bonchev–Trinajstić information content (AvgIpc) is 3.01. The maximum Gasteiger partial charge on any atom is 0.0194 e. The Labute approximate surface area is 95.4 Å². The molecule has 2 heteroatoms. The molecule has 1 rings (SSSR count). The van der Waals surface area contributed by atoms with Crippen LogP contribution in [-0.2, 0) is 0 Å². The normalized spacial score (nSPS) is 18.4. The van der Waals surface area contributed by atoms with Crippen LogP contribution in [0.2, 0.25) is 0 Å². The van der Waals surface area contributed by atoms with Crippen LogP contribution in [0.25, 0.3) is 0 Å². The van der Waals surface area contributed by atoms with Crippen LogP contribution in [0.5, 0.6) is 0 Å². The summed E-state index contributed by atoms with van der Waals surface area (Å²) in [6, 6.07) is 1.63. The Bertz CT molecular complexity index is 149.